The van der Waals surface area contributed by atoms with Crippen LogP contribution in [0.15, 0.2) is 22.6 Å². The number of nitrogens with zero attached hydrogens (tertiary/aromatic N) is 1. The SMILES string of the molecule is Cc1nc2ccc(CCNC(=O)CCO)cc2o1. The average Bonchev–Trinajstić information content (AvgIpc) is 2.69. The van der Waals surface area contributed by atoms with Crippen molar-refractivity contribution in [2.45, 2.75) is 19.8 Å². The summed E-state index contributed by atoms with van der Waals surface area (Å²) >= 11 is 0. The second-order valence-corrected chi connectivity index (χ2v) is 4.11. The number of aromatic nitrogens is 1. The highest BCUT2D eigenvalue weighted by molar-refractivity contribution is 5.76. The average molecular weight is 248 g/mol. The predicted octanol–water partition coefficient (Wildman–Crippen LogP) is 1.18. The summed E-state index contributed by atoms with van der Waals surface area (Å²) in [6.45, 7) is 2.25. The van der Waals surface area contributed by atoms with E-state index in [0.717, 1.165) is 23.1 Å². The van der Waals surface area contributed by atoms with Crippen molar-refractivity contribution in [2.24, 2.45) is 0 Å². The standard InChI is InChI=1S/C13H16N2O3/c1-9-15-11-3-2-10(8-12(11)18-9)4-6-14-13(17)5-7-16/h2-3,8,16H,4-7H2,1H3,(H,14,17). The van der Waals surface area contributed by atoms with Crippen LogP contribution in [0.5, 0.6) is 0 Å². The summed E-state index contributed by atoms with van der Waals surface area (Å²) in [5.74, 6) is 0.521. The molecule has 0 aliphatic carbocycles. The second kappa shape index (κ2) is 5.64. The van der Waals surface area contributed by atoms with Crippen molar-refractivity contribution >= 4 is 17.0 Å². The van der Waals surface area contributed by atoms with Crippen molar-refractivity contribution in [3.8, 4) is 0 Å². The topological polar surface area (TPSA) is 75.4 Å². The van der Waals surface area contributed by atoms with E-state index >= 15 is 0 Å². The van der Waals surface area contributed by atoms with Gasteiger partial charge in [0, 0.05) is 19.9 Å². The summed E-state index contributed by atoms with van der Waals surface area (Å²) in [6, 6.07) is 5.83. The van der Waals surface area contributed by atoms with E-state index in [-0.39, 0.29) is 18.9 Å². The van der Waals surface area contributed by atoms with Crippen LogP contribution in [0.4, 0.5) is 0 Å². The van der Waals surface area contributed by atoms with Crippen LogP contribution in [-0.4, -0.2) is 29.1 Å². The lowest BCUT2D eigenvalue weighted by Gasteiger charge is -2.04. The fraction of sp³-hybridized carbons (Fsp3) is 0.385. The zero-order chi connectivity index (χ0) is 13.0. The Hall–Kier alpha value is -1.88. The highest BCUT2D eigenvalue weighted by Crippen LogP contribution is 2.16. The molecule has 2 aromatic rings. The number of aryl methyl sites for hydroxylation is 1. The Balaban J connectivity index is 1.93. The third-order valence-electron chi connectivity index (χ3n) is 2.63. The minimum Gasteiger partial charge on any atom is -0.441 e. The maximum atomic E-state index is 11.1. The van der Waals surface area contributed by atoms with Crippen molar-refractivity contribution in [1.82, 2.24) is 10.3 Å². The van der Waals surface area contributed by atoms with E-state index < -0.39 is 0 Å². The normalized spacial score (nSPS) is 10.8. The van der Waals surface area contributed by atoms with Gasteiger partial charge in [-0.05, 0) is 24.1 Å². The maximum absolute atomic E-state index is 11.1. The molecule has 0 spiro atoms. The largest absolute Gasteiger partial charge is 0.441 e. The van der Waals surface area contributed by atoms with E-state index in [1.807, 2.05) is 25.1 Å². The molecular weight excluding hydrogens is 232 g/mol. The highest BCUT2D eigenvalue weighted by Gasteiger charge is 2.04. The molecule has 5 heteroatoms. The summed E-state index contributed by atoms with van der Waals surface area (Å²) < 4.78 is 5.44. The number of carbonyl (C=O) groups is 1. The third-order valence-corrected chi connectivity index (χ3v) is 2.63. The number of carbonyl (C=O) groups excluding carboxylic acids is 1. The number of amides is 1. The van der Waals surface area contributed by atoms with Gasteiger partial charge in [0.15, 0.2) is 11.5 Å². The van der Waals surface area contributed by atoms with E-state index in [0.29, 0.717) is 12.4 Å². The number of rotatable bonds is 5. The van der Waals surface area contributed by atoms with Crippen LogP contribution in [0.1, 0.15) is 17.9 Å². The minimum absolute atomic E-state index is 0.116. The molecule has 0 bridgehead atoms. The van der Waals surface area contributed by atoms with Gasteiger partial charge in [-0.25, -0.2) is 4.98 Å². The van der Waals surface area contributed by atoms with Crippen molar-refractivity contribution in [1.29, 1.82) is 0 Å². The quantitative estimate of drug-likeness (QED) is 0.833. The van der Waals surface area contributed by atoms with Gasteiger partial charge < -0.3 is 14.8 Å². The van der Waals surface area contributed by atoms with Crippen molar-refractivity contribution in [3.05, 3.63) is 29.7 Å². The van der Waals surface area contributed by atoms with Crippen LogP contribution in [0.2, 0.25) is 0 Å². The van der Waals surface area contributed by atoms with Gasteiger partial charge in [0.25, 0.3) is 0 Å². The molecule has 96 valence electrons. The molecule has 0 aliphatic heterocycles. The van der Waals surface area contributed by atoms with Gasteiger partial charge >= 0.3 is 0 Å². The zero-order valence-corrected chi connectivity index (χ0v) is 10.3. The Bertz CT molecular complexity index is 548. The molecule has 2 rings (SSSR count). The van der Waals surface area contributed by atoms with Gasteiger partial charge in [-0.2, -0.15) is 0 Å². The Labute approximate surface area is 105 Å². The first-order chi connectivity index (χ1) is 8.69. The van der Waals surface area contributed by atoms with Crippen molar-refractivity contribution in [2.75, 3.05) is 13.2 Å². The molecule has 0 saturated carbocycles. The van der Waals surface area contributed by atoms with Crippen LogP contribution in [0.25, 0.3) is 11.1 Å². The molecule has 0 saturated heterocycles. The summed E-state index contributed by atoms with van der Waals surface area (Å²) in [5, 5.41) is 11.3. The molecule has 2 N–H and O–H groups in total. The van der Waals surface area contributed by atoms with E-state index in [9.17, 15) is 4.79 Å². The molecule has 0 fully saturated rings. The number of nitrogens with one attached hydrogen (secondary N) is 1. The molecule has 1 heterocycles. The van der Waals surface area contributed by atoms with Crippen LogP contribution in [0, 0.1) is 6.92 Å². The number of hydrogen-bond acceptors (Lipinski definition) is 4. The van der Waals surface area contributed by atoms with Crippen molar-refractivity contribution in [3.63, 3.8) is 0 Å². The van der Waals surface area contributed by atoms with Crippen LogP contribution < -0.4 is 5.32 Å². The molecular formula is C13H16N2O3. The highest BCUT2D eigenvalue weighted by atomic mass is 16.3. The van der Waals surface area contributed by atoms with E-state index in [1.165, 1.54) is 0 Å². The number of aliphatic hydroxyl groups is 1. The Morgan fingerprint density at radius 2 is 2.33 bits per heavy atom. The lowest BCUT2D eigenvalue weighted by atomic mass is 10.1. The number of fused-ring (bicyclic) bond motifs is 1. The number of benzene rings is 1. The van der Waals surface area contributed by atoms with E-state index in [2.05, 4.69) is 10.3 Å². The molecule has 0 radical (unpaired) electrons. The second-order valence-electron chi connectivity index (χ2n) is 4.11. The lowest BCUT2D eigenvalue weighted by molar-refractivity contribution is -0.121. The Morgan fingerprint density at radius 3 is 3.11 bits per heavy atom. The summed E-state index contributed by atoms with van der Waals surface area (Å²) in [6.07, 6.45) is 0.882. The van der Waals surface area contributed by atoms with Gasteiger partial charge in [-0.15, -0.1) is 0 Å². The predicted molar refractivity (Wildman–Crippen MR) is 67.2 cm³/mol. The molecule has 0 unspecified atom stereocenters. The first kappa shape index (κ1) is 12.6. The Kier molecular flexibility index (Phi) is 3.94. The molecule has 1 aromatic carbocycles. The fourth-order valence-electron chi connectivity index (χ4n) is 1.78. The molecule has 0 aliphatic rings. The smallest absolute Gasteiger partial charge is 0.222 e. The van der Waals surface area contributed by atoms with Gasteiger partial charge in [0.1, 0.15) is 5.52 Å². The van der Waals surface area contributed by atoms with E-state index in [4.69, 9.17) is 9.52 Å². The summed E-state index contributed by atoms with van der Waals surface area (Å²) in [5.41, 5.74) is 2.70. The van der Waals surface area contributed by atoms with Gasteiger partial charge in [-0.1, -0.05) is 6.07 Å². The maximum Gasteiger partial charge on any atom is 0.222 e. The fourth-order valence-corrected chi connectivity index (χ4v) is 1.78. The summed E-state index contributed by atoms with van der Waals surface area (Å²) in [7, 11) is 0. The monoisotopic (exact) mass is 248 g/mol. The number of oxazole rings is 1. The third kappa shape index (κ3) is 3.07. The first-order valence-corrected chi connectivity index (χ1v) is 5.92. The number of aliphatic hydroxyl groups excluding tert-OH is 1. The van der Waals surface area contributed by atoms with Crippen LogP contribution >= 0.6 is 0 Å². The summed E-state index contributed by atoms with van der Waals surface area (Å²) in [4.78, 5) is 15.4. The molecule has 1 amide bonds. The molecule has 18 heavy (non-hydrogen) atoms. The molecule has 5 nitrogen and oxygen atoms in total. The zero-order valence-electron chi connectivity index (χ0n) is 10.3. The van der Waals surface area contributed by atoms with Crippen molar-refractivity contribution < 1.29 is 14.3 Å². The van der Waals surface area contributed by atoms with Gasteiger partial charge in [0.2, 0.25) is 5.91 Å². The molecule has 0 atom stereocenters. The number of hydrogen-bond donors (Lipinski definition) is 2. The van der Waals surface area contributed by atoms with Crippen LogP contribution in [-0.2, 0) is 11.2 Å². The van der Waals surface area contributed by atoms with Crippen LogP contribution in [0.3, 0.4) is 0 Å². The van der Waals surface area contributed by atoms with Gasteiger partial charge in [-0.3, -0.25) is 4.79 Å². The Morgan fingerprint density at radius 1 is 1.50 bits per heavy atom. The molecule has 1 aromatic heterocycles. The minimum atomic E-state index is -0.130. The van der Waals surface area contributed by atoms with E-state index in [1.54, 1.807) is 0 Å². The lowest BCUT2D eigenvalue weighted by Crippen LogP contribution is -2.26. The van der Waals surface area contributed by atoms with Gasteiger partial charge in [0.05, 0.1) is 6.61 Å². The first-order valence-electron chi connectivity index (χ1n) is 5.92.